The van der Waals surface area contributed by atoms with Gasteiger partial charge < -0.3 is 0 Å². The molecule has 0 saturated carbocycles. The van der Waals surface area contributed by atoms with Crippen molar-refractivity contribution in [3.8, 4) is 0 Å². The summed E-state index contributed by atoms with van der Waals surface area (Å²) >= 11 is -2.38. The van der Waals surface area contributed by atoms with E-state index in [-0.39, 0.29) is 0 Å². The van der Waals surface area contributed by atoms with Gasteiger partial charge in [0.25, 0.3) is 0 Å². The molecule has 0 radical (unpaired) electrons. The maximum Gasteiger partial charge on any atom is -0.0184 e. The van der Waals surface area contributed by atoms with Gasteiger partial charge in [-0.25, -0.2) is 0 Å². The van der Waals surface area contributed by atoms with Crippen LogP contribution >= 0.6 is 0 Å². The van der Waals surface area contributed by atoms with Gasteiger partial charge in [0.15, 0.2) is 0 Å². The van der Waals surface area contributed by atoms with Gasteiger partial charge in [-0.3, -0.25) is 0 Å². The van der Waals surface area contributed by atoms with Gasteiger partial charge >= 0.3 is 70.8 Å². The van der Waals surface area contributed by atoms with Gasteiger partial charge in [-0.2, -0.15) is 0 Å². The van der Waals surface area contributed by atoms with Crippen LogP contribution in [0.15, 0.2) is 48.5 Å². The molecule has 2 rings (SSSR count). The van der Waals surface area contributed by atoms with Gasteiger partial charge in [-0.15, -0.1) is 0 Å². The summed E-state index contributed by atoms with van der Waals surface area (Å²) in [5, 5.41) is 2.62. The van der Waals surface area contributed by atoms with E-state index in [4.69, 9.17) is 9.22 Å². The van der Waals surface area contributed by atoms with E-state index < -0.39 is 21.0 Å². The fourth-order valence-electron chi connectivity index (χ4n) is 1.69. The molecular formula is C16H24O3Sn. The quantitative estimate of drug-likeness (QED) is 0.713. The first-order valence-corrected chi connectivity index (χ1v) is 11.1. The van der Waals surface area contributed by atoms with Gasteiger partial charge in [-0.05, 0) is 10.8 Å². The van der Waals surface area contributed by atoms with Crippen LogP contribution in [-0.4, -0.2) is 40.8 Å². The van der Waals surface area contributed by atoms with Crippen molar-refractivity contribution in [3.63, 3.8) is 0 Å². The molecule has 0 atom stereocenters. The molecule has 0 aliphatic heterocycles. The van der Waals surface area contributed by atoms with Crippen molar-refractivity contribution in [1.82, 2.24) is 0 Å². The second-order valence-corrected chi connectivity index (χ2v) is 8.50. The number of hydrogen-bond acceptors (Lipinski definition) is 3. The number of fused-ring (bicyclic) bond motifs is 1. The minimum atomic E-state index is -2.38. The third-order valence-electron chi connectivity index (χ3n) is 2.57. The molecule has 0 saturated heterocycles. The van der Waals surface area contributed by atoms with Crippen LogP contribution in [-0.2, 0) is 9.22 Å². The van der Waals surface area contributed by atoms with Crippen LogP contribution in [0.1, 0.15) is 20.8 Å². The van der Waals surface area contributed by atoms with E-state index in [1.807, 2.05) is 20.8 Å². The first-order chi connectivity index (χ1) is 9.81. The fourth-order valence-corrected chi connectivity index (χ4v) is 4.84. The van der Waals surface area contributed by atoms with Gasteiger partial charge in [0.1, 0.15) is 0 Å². The largest absolute Gasteiger partial charge is 0.0616 e. The topological polar surface area (TPSA) is 27.7 Å². The number of rotatable bonds is 6. The summed E-state index contributed by atoms with van der Waals surface area (Å²) in [7, 11) is 0. The van der Waals surface area contributed by atoms with E-state index in [1.54, 1.807) is 0 Å². The third-order valence-corrected chi connectivity index (χ3v) is 7.75. The Labute approximate surface area is 130 Å². The molecule has 3 nitrogen and oxygen atoms in total. The third kappa shape index (κ3) is 6.70. The van der Waals surface area contributed by atoms with Crippen molar-refractivity contribution < 1.29 is 9.22 Å². The summed E-state index contributed by atoms with van der Waals surface area (Å²) in [6.45, 7) is 8.01. The Morgan fingerprint density at radius 3 is 1.20 bits per heavy atom. The Kier molecular flexibility index (Phi) is 9.66. The van der Waals surface area contributed by atoms with Crippen LogP contribution < -0.4 is 0 Å². The Hall–Kier alpha value is -0.621. The molecular weight excluding hydrogens is 359 g/mol. The zero-order chi connectivity index (χ0) is 14.6. The number of benzene rings is 2. The van der Waals surface area contributed by atoms with Gasteiger partial charge in [0, 0.05) is 0 Å². The number of hydrogen-bond donors (Lipinski definition) is 0. The summed E-state index contributed by atoms with van der Waals surface area (Å²) in [5.74, 6) is 0. The van der Waals surface area contributed by atoms with E-state index in [1.165, 1.54) is 10.8 Å². The van der Waals surface area contributed by atoms with Crippen LogP contribution in [0, 0.1) is 0 Å². The SMILES string of the molecule is CC[O][SnH]([O]CC)[O]CC.c1ccc2ccccc2c1. The molecule has 4 heteroatoms. The van der Waals surface area contributed by atoms with Crippen molar-refractivity contribution in [2.45, 2.75) is 20.8 Å². The zero-order valence-corrected chi connectivity index (χ0v) is 15.8. The molecule has 2 aromatic carbocycles. The monoisotopic (exact) mass is 384 g/mol. The average Bonchev–Trinajstić information content (AvgIpc) is 2.49. The smallest absolute Gasteiger partial charge is 0.0184 e. The van der Waals surface area contributed by atoms with Gasteiger partial charge in [-0.1, -0.05) is 48.5 Å². The molecule has 0 fully saturated rings. The Balaban J connectivity index is 0.000000200. The molecule has 0 bridgehead atoms. The molecule has 0 amide bonds. The average molecular weight is 383 g/mol. The molecule has 0 aromatic heterocycles. The van der Waals surface area contributed by atoms with Crippen molar-refractivity contribution in [2.75, 3.05) is 19.8 Å². The van der Waals surface area contributed by atoms with Crippen LogP contribution in [0.25, 0.3) is 10.8 Å². The van der Waals surface area contributed by atoms with E-state index in [2.05, 4.69) is 48.5 Å². The molecule has 0 aliphatic carbocycles. The standard InChI is InChI=1S/C10H8.3C2H5O.Sn.H/c1-2-6-10-8-4-3-7-9(10)5-1;3*1-2-3;;/h1-8H;3*2H2,1H3;;/q;3*-1;+3;. The second kappa shape index (κ2) is 11.1. The molecule has 0 heterocycles. The van der Waals surface area contributed by atoms with Crippen molar-refractivity contribution in [3.05, 3.63) is 48.5 Å². The van der Waals surface area contributed by atoms with Crippen LogP contribution in [0.3, 0.4) is 0 Å². The minimum absolute atomic E-state index is 0.709. The van der Waals surface area contributed by atoms with Crippen LogP contribution in [0.4, 0.5) is 0 Å². The van der Waals surface area contributed by atoms with Gasteiger partial charge in [0.05, 0.1) is 0 Å². The summed E-state index contributed by atoms with van der Waals surface area (Å²) in [4.78, 5) is 0. The minimum Gasteiger partial charge on any atom is -0.0616 e. The Bertz CT molecular complexity index is 396. The van der Waals surface area contributed by atoms with E-state index in [9.17, 15) is 0 Å². The summed E-state index contributed by atoms with van der Waals surface area (Å²) < 4.78 is 15.9. The Morgan fingerprint density at radius 2 is 0.950 bits per heavy atom. The van der Waals surface area contributed by atoms with Crippen molar-refractivity contribution >= 4 is 31.8 Å². The molecule has 0 spiro atoms. The normalized spacial score (nSPS) is 10.4. The van der Waals surface area contributed by atoms with Crippen LogP contribution in [0.2, 0.25) is 0 Å². The molecule has 0 aliphatic rings. The van der Waals surface area contributed by atoms with E-state index in [0.29, 0.717) is 19.8 Å². The Morgan fingerprint density at radius 1 is 0.650 bits per heavy atom. The summed E-state index contributed by atoms with van der Waals surface area (Å²) in [5.41, 5.74) is 0. The predicted octanol–water partition coefficient (Wildman–Crippen LogP) is 3.65. The summed E-state index contributed by atoms with van der Waals surface area (Å²) in [6.07, 6.45) is 0. The van der Waals surface area contributed by atoms with Crippen molar-refractivity contribution in [1.29, 1.82) is 0 Å². The summed E-state index contributed by atoms with van der Waals surface area (Å²) in [6, 6.07) is 16.7. The molecule has 0 N–H and O–H groups in total. The van der Waals surface area contributed by atoms with Gasteiger partial charge in [0.2, 0.25) is 0 Å². The first kappa shape index (κ1) is 17.4. The maximum absolute atomic E-state index is 5.29. The second-order valence-electron chi connectivity index (χ2n) is 4.00. The zero-order valence-electron chi connectivity index (χ0n) is 12.5. The molecule has 0 unspecified atom stereocenters. The molecule has 20 heavy (non-hydrogen) atoms. The predicted molar refractivity (Wildman–Crippen MR) is 86.0 cm³/mol. The maximum atomic E-state index is 5.29. The van der Waals surface area contributed by atoms with Crippen LogP contribution in [0.5, 0.6) is 0 Å². The van der Waals surface area contributed by atoms with Crippen molar-refractivity contribution in [2.24, 2.45) is 0 Å². The van der Waals surface area contributed by atoms with E-state index in [0.717, 1.165) is 0 Å². The molecule has 2 aromatic rings. The van der Waals surface area contributed by atoms with E-state index >= 15 is 0 Å². The fraction of sp³-hybridized carbons (Fsp3) is 0.375. The molecule has 110 valence electrons. The first-order valence-electron chi connectivity index (χ1n) is 7.10.